The Labute approximate surface area is 186 Å². The number of rotatable bonds is 7. The third-order valence-electron chi connectivity index (χ3n) is 5.98. The zero-order valence-electron chi connectivity index (χ0n) is 18.4. The van der Waals surface area contributed by atoms with E-state index in [4.69, 9.17) is 14.3 Å². The Bertz CT molecular complexity index is 890. The normalized spacial score (nSPS) is 23.6. The molecule has 1 aromatic heterocycles. The molecule has 0 radical (unpaired) electrons. The largest absolute Gasteiger partial charge is 0.490 e. The Hall–Kier alpha value is -2.48. The van der Waals surface area contributed by atoms with Gasteiger partial charge in [-0.1, -0.05) is 19.4 Å². The number of alkyl halides is 3. The minimum Gasteiger partial charge on any atom is -0.490 e. The smallest absolute Gasteiger partial charge is 0.417 e. The van der Waals surface area contributed by atoms with Gasteiger partial charge in [-0.15, -0.1) is 5.06 Å². The van der Waals surface area contributed by atoms with Crippen molar-refractivity contribution in [3.05, 3.63) is 47.7 Å². The van der Waals surface area contributed by atoms with Crippen molar-refractivity contribution < 1.29 is 27.5 Å². The molecule has 8 heteroatoms. The van der Waals surface area contributed by atoms with E-state index in [9.17, 15) is 13.2 Å². The van der Waals surface area contributed by atoms with Crippen LogP contribution in [-0.2, 0) is 6.18 Å². The van der Waals surface area contributed by atoms with Crippen LogP contribution in [-0.4, -0.2) is 34.8 Å². The van der Waals surface area contributed by atoms with Crippen molar-refractivity contribution in [3.63, 3.8) is 0 Å². The Morgan fingerprint density at radius 3 is 2.44 bits per heavy atom. The van der Waals surface area contributed by atoms with Gasteiger partial charge in [0.1, 0.15) is 6.10 Å². The highest BCUT2D eigenvalue weighted by molar-refractivity contribution is 5.42. The summed E-state index contributed by atoms with van der Waals surface area (Å²) in [5.74, 6) is 1.71. The van der Waals surface area contributed by atoms with Gasteiger partial charge in [0, 0.05) is 37.2 Å². The van der Waals surface area contributed by atoms with E-state index in [0.717, 1.165) is 67.9 Å². The fourth-order valence-electron chi connectivity index (χ4n) is 4.46. The maximum absolute atomic E-state index is 12.8. The van der Waals surface area contributed by atoms with Crippen LogP contribution in [0.5, 0.6) is 17.4 Å². The van der Waals surface area contributed by atoms with Crippen LogP contribution < -0.4 is 14.3 Å². The summed E-state index contributed by atoms with van der Waals surface area (Å²) in [4.78, 5) is 9.83. The summed E-state index contributed by atoms with van der Waals surface area (Å²) < 4.78 is 50.6. The van der Waals surface area contributed by atoms with Gasteiger partial charge in [0.2, 0.25) is 5.88 Å². The molecule has 2 bridgehead atoms. The third kappa shape index (κ3) is 5.28. The molecule has 3 atom stereocenters. The van der Waals surface area contributed by atoms with Gasteiger partial charge in [0.25, 0.3) is 0 Å². The van der Waals surface area contributed by atoms with Crippen LogP contribution in [0.1, 0.15) is 56.6 Å². The highest BCUT2D eigenvalue weighted by Crippen LogP contribution is 2.38. The summed E-state index contributed by atoms with van der Waals surface area (Å²) >= 11 is 0. The van der Waals surface area contributed by atoms with Crippen LogP contribution in [0.2, 0.25) is 0 Å². The molecular formula is C24H29F3N2O3. The Kier molecular flexibility index (Phi) is 6.79. The molecule has 2 aliphatic heterocycles. The lowest BCUT2D eigenvalue weighted by molar-refractivity contribution is -0.185. The molecule has 2 aliphatic rings. The van der Waals surface area contributed by atoms with Gasteiger partial charge in [0.15, 0.2) is 11.5 Å². The van der Waals surface area contributed by atoms with Crippen molar-refractivity contribution >= 4 is 0 Å². The van der Waals surface area contributed by atoms with Crippen molar-refractivity contribution in [2.24, 2.45) is 0 Å². The minimum atomic E-state index is -4.41. The first-order valence-corrected chi connectivity index (χ1v) is 11.2. The second-order valence-electron chi connectivity index (χ2n) is 8.58. The summed E-state index contributed by atoms with van der Waals surface area (Å²) in [5, 5.41) is 1.92. The van der Waals surface area contributed by atoms with E-state index < -0.39 is 11.7 Å². The molecule has 0 unspecified atom stereocenters. The van der Waals surface area contributed by atoms with Crippen LogP contribution in [0.3, 0.4) is 0 Å². The van der Waals surface area contributed by atoms with E-state index in [1.165, 1.54) is 6.07 Å². The van der Waals surface area contributed by atoms with E-state index >= 15 is 0 Å². The number of benzene rings is 1. The summed E-state index contributed by atoms with van der Waals surface area (Å²) in [6, 6.07) is 8.52. The monoisotopic (exact) mass is 450 g/mol. The maximum Gasteiger partial charge on any atom is 0.417 e. The molecular weight excluding hydrogens is 421 g/mol. The molecule has 5 nitrogen and oxygen atoms in total. The molecule has 1 aromatic carbocycles. The van der Waals surface area contributed by atoms with Gasteiger partial charge < -0.3 is 14.3 Å². The summed E-state index contributed by atoms with van der Waals surface area (Å²) in [5.41, 5.74) is 0.337. The van der Waals surface area contributed by atoms with Gasteiger partial charge in [-0.05, 0) is 49.9 Å². The lowest BCUT2D eigenvalue weighted by Gasteiger charge is -2.46. The van der Waals surface area contributed by atoms with E-state index in [0.29, 0.717) is 6.61 Å². The van der Waals surface area contributed by atoms with Gasteiger partial charge >= 0.3 is 6.18 Å². The predicted octanol–water partition coefficient (Wildman–Crippen LogP) is 5.96. The van der Waals surface area contributed by atoms with Gasteiger partial charge in [0.05, 0.1) is 12.2 Å². The summed E-state index contributed by atoms with van der Waals surface area (Å²) in [6.07, 6.45) is 1.90. The first-order chi connectivity index (χ1) is 15.3. The third-order valence-corrected chi connectivity index (χ3v) is 5.98. The highest BCUT2D eigenvalue weighted by Gasteiger charge is 2.41. The lowest BCUT2D eigenvalue weighted by Crippen LogP contribution is -2.55. The molecule has 0 spiro atoms. The lowest BCUT2D eigenvalue weighted by atomic mass is 9.84. The number of aromatic nitrogens is 1. The van der Waals surface area contributed by atoms with Crippen LogP contribution in [0, 0.1) is 6.92 Å². The number of nitrogens with zero attached hydrogens (tertiary/aromatic N) is 2. The fourth-order valence-corrected chi connectivity index (χ4v) is 4.46. The molecule has 3 heterocycles. The SMILES string of the molecule is CCCOc1cc(C)ccc1O[C@H]1C[C@H]2CCC[C@@H](C1)N2Oc1ccc(C(F)(F)F)cn1. The molecule has 0 aliphatic carbocycles. The Morgan fingerprint density at radius 2 is 1.81 bits per heavy atom. The topological polar surface area (TPSA) is 43.8 Å². The standard InChI is InChI=1S/C24H29F3N2O3/c1-3-11-30-22-12-16(2)7-9-21(22)31-20-13-18-5-4-6-19(14-20)29(18)32-23-10-8-17(15-28-23)24(25,26)27/h7-10,12,15,18-20H,3-6,11,13-14H2,1-2H3/t18-,19+,20+. The fraction of sp³-hybridized carbons (Fsp3) is 0.542. The van der Waals surface area contributed by atoms with Crippen molar-refractivity contribution in [2.75, 3.05) is 6.61 Å². The molecule has 2 fully saturated rings. The number of piperidine rings is 2. The first kappa shape index (κ1) is 22.7. The molecule has 2 aromatic rings. The van der Waals surface area contributed by atoms with Gasteiger partial charge in [-0.2, -0.15) is 13.2 Å². The number of hydrogen-bond acceptors (Lipinski definition) is 5. The first-order valence-electron chi connectivity index (χ1n) is 11.2. The predicted molar refractivity (Wildman–Crippen MR) is 114 cm³/mol. The molecule has 0 N–H and O–H groups in total. The maximum atomic E-state index is 12.8. The van der Waals surface area contributed by atoms with E-state index in [1.807, 2.05) is 30.2 Å². The number of ether oxygens (including phenoxy) is 2. The van der Waals surface area contributed by atoms with Gasteiger partial charge in [-0.25, -0.2) is 4.98 Å². The Morgan fingerprint density at radius 1 is 1.06 bits per heavy atom. The number of hydrogen-bond donors (Lipinski definition) is 0. The zero-order chi connectivity index (χ0) is 22.7. The van der Waals surface area contributed by atoms with E-state index in [2.05, 4.69) is 11.9 Å². The Balaban J connectivity index is 1.43. The average Bonchev–Trinajstić information content (AvgIpc) is 2.74. The average molecular weight is 451 g/mol. The van der Waals surface area contributed by atoms with Gasteiger partial charge in [-0.3, -0.25) is 0 Å². The number of hydroxylamine groups is 2. The van der Waals surface area contributed by atoms with Crippen molar-refractivity contribution in [2.45, 2.75) is 76.7 Å². The molecule has 174 valence electrons. The van der Waals surface area contributed by atoms with Crippen LogP contribution in [0.15, 0.2) is 36.5 Å². The molecule has 4 rings (SSSR count). The number of fused-ring (bicyclic) bond motifs is 2. The zero-order valence-corrected chi connectivity index (χ0v) is 18.4. The highest BCUT2D eigenvalue weighted by atomic mass is 19.4. The van der Waals surface area contributed by atoms with E-state index in [-0.39, 0.29) is 24.1 Å². The van der Waals surface area contributed by atoms with Crippen LogP contribution >= 0.6 is 0 Å². The second kappa shape index (κ2) is 9.57. The van der Waals surface area contributed by atoms with Crippen LogP contribution in [0.25, 0.3) is 0 Å². The summed E-state index contributed by atoms with van der Waals surface area (Å²) in [6.45, 7) is 4.73. The van der Waals surface area contributed by atoms with Crippen molar-refractivity contribution in [3.8, 4) is 17.4 Å². The van der Waals surface area contributed by atoms with Crippen molar-refractivity contribution in [1.82, 2.24) is 10.0 Å². The molecule has 0 amide bonds. The second-order valence-corrected chi connectivity index (χ2v) is 8.58. The molecule has 0 saturated carbocycles. The quantitative estimate of drug-likeness (QED) is 0.521. The van der Waals surface area contributed by atoms with Crippen LogP contribution in [0.4, 0.5) is 13.2 Å². The molecule has 2 saturated heterocycles. The molecule has 32 heavy (non-hydrogen) atoms. The number of aryl methyl sites for hydroxylation is 1. The van der Waals surface area contributed by atoms with Crippen molar-refractivity contribution in [1.29, 1.82) is 0 Å². The number of pyridine rings is 1. The summed E-state index contributed by atoms with van der Waals surface area (Å²) in [7, 11) is 0. The number of halogens is 3. The van der Waals surface area contributed by atoms with E-state index in [1.54, 1.807) is 0 Å². The minimum absolute atomic E-state index is 0.0254.